The average Bonchev–Trinajstić information content (AvgIpc) is 2.46. The summed E-state index contributed by atoms with van der Waals surface area (Å²) >= 11 is 0. The summed E-state index contributed by atoms with van der Waals surface area (Å²) in [6.45, 7) is 3.84. The first-order valence-corrected chi connectivity index (χ1v) is 7.03. The average molecular weight is 275 g/mol. The van der Waals surface area contributed by atoms with Gasteiger partial charge in [-0.15, -0.1) is 0 Å². The second kappa shape index (κ2) is 6.93. The van der Waals surface area contributed by atoms with Crippen molar-refractivity contribution in [2.75, 3.05) is 25.0 Å². The molecule has 0 saturated carbocycles. The van der Waals surface area contributed by atoms with Crippen LogP contribution in [0.3, 0.4) is 0 Å². The van der Waals surface area contributed by atoms with Gasteiger partial charge in [-0.05, 0) is 30.9 Å². The number of hydrogen-bond acceptors (Lipinski definition) is 2. The van der Waals surface area contributed by atoms with Crippen molar-refractivity contribution in [2.45, 2.75) is 19.8 Å². The van der Waals surface area contributed by atoms with E-state index >= 15 is 0 Å². The van der Waals surface area contributed by atoms with Crippen LogP contribution in [0.1, 0.15) is 19.8 Å². The van der Waals surface area contributed by atoms with Crippen LogP contribution in [0.2, 0.25) is 0 Å². The first kappa shape index (κ1) is 14.4. The van der Waals surface area contributed by atoms with Crippen LogP contribution in [0.15, 0.2) is 30.3 Å². The fourth-order valence-electron chi connectivity index (χ4n) is 2.22. The predicted octanol–water partition coefficient (Wildman–Crippen LogP) is 2.07. The van der Waals surface area contributed by atoms with Gasteiger partial charge < -0.3 is 15.5 Å². The number of nitrogens with zero attached hydrogens (tertiary/aromatic N) is 1. The lowest BCUT2D eigenvalue weighted by Crippen LogP contribution is -2.44. The van der Waals surface area contributed by atoms with Crippen LogP contribution in [-0.4, -0.2) is 36.5 Å². The van der Waals surface area contributed by atoms with Gasteiger partial charge in [0.05, 0.1) is 6.54 Å². The minimum absolute atomic E-state index is 0.0138. The van der Waals surface area contributed by atoms with Gasteiger partial charge in [0.15, 0.2) is 0 Å². The van der Waals surface area contributed by atoms with Crippen LogP contribution < -0.4 is 10.6 Å². The van der Waals surface area contributed by atoms with Crippen molar-refractivity contribution in [3.63, 3.8) is 0 Å². The number of carbonyl (C=O) groups is 2. The predicted molar refractivity (Wildman–Crippen MR) is 78.4 cm³/mol. The Bertz CT molecular complexity index is 453. The number of carbonyl (C=O) groups excluding carboxylic acids is 2. The molecule has 0 aliphatic carbocycles. The van der Waals surface area contributed by atoms with E-state index in [4.69, 9.17) is 0 Å². The van der Waals surface area contributed by atoms with Gasteiger partial charge in [-0.3, -0.25) is 4.79 Å². The molecule has 3 amide bonds. The normalized spacial score (nSPS) is 15.8. The monoisotopic (exact) mass is 275 g/mol. The number of urea groups is 1. The Morgan fingerprint density at radius 3 is 2.50 bits per heavy atom. The Balaban J connectivity index is 1.72. The summed E-state index contributed by atoms with van der Waals surface area (Å²) in [5.74, 6) is 0.675. The van der Waals surface area contributed by atoms with Gasteiger partial charge in [-0.1, -0.05) is 25.1 Å². The number of anilines is 1. The van der Waals surface area contributed by atoms with Gasteiger partial charge >= 0.3 is 6.03 Å². The number of amides is 3. The highest BCUT2D eigenvalue weighted by Gasteiger charge is 2.20. The first-order valence-electron chi connectivity index (χ1n) is 7.03. The number of rotatable bonds is 3. The van der Waals surface area contributed by atoms with Crippen LogP contribution in [0, 0.1) is 5.92 Å². The number of benzene rings is 1. The molecule has 0 bridgehead atoms. The maximum Gasteiger partial charge on any atom is 0.319 e. The molecular formula is C15H21N3O2. The molecule has 1 aromatic carbocycles. The summed E-state index contributed by atoms with van der Waals surface area (Å²) in [5.41, 5.74) is 0.712. The van der Waals surface area contributed by atoms with Gasteiger partial charge in [0.25, 0.3) is 0 Å². The molecule has 5 heteroatoms. The molecule has 108 valence electrons. The highest BCUT2D eigenvalue weighted by Crippen LogP contribution is 2.15. The second-order valence-electron chi connectivity index (χ2n) is 5.24. The van der Waals surface area contributed by atoms with E-state index in [1.807, 2.05) is 23.1 Å². The smallest absolute Gasteiger partial charge is 0.319 e. The van der Waals surface area contributed by atoms with Crippen LogP contribution in [-0.2, 0) is 4.79 Å². The van der Waals surface area contributed by atoms with E-state index in [0.717, 1.165) is 25.9 Å². The molecule has 0 unspecified atom stereocenters. The van der Waals surface area contributed by atoms with Crippen LogP contribution in [0.4, 0.5) is 10.5 Å². The van der Waals surface area contributed by atoms with Gasteiger partial charge in [-0.2, -0.15) is 0 Å². The Labute approximate surface area is 119 Å². The molecule has 0 aromatic heterocycles. The largest absolute Gasteiger partial charge is 0.341 e. The van der Waals surface area contributed by atoms with Crippen molar-refractivity contribution in [1.29, 1.82) is 0 Å². The zero-order valence-corrected chi connectivity index (χ0v) is 11.8. The van der Waals surface area contributed by atoms with E-state index in [0.29, 0.717) is 11.6 Å². The van der Waals surface area contributed by atoms with E-state index in [1.165, 1.54) is 0 Å². The SMILES string of the molecule is CC1CCN(C(=O)CNC(=O)Nc2ccccc2)CC1. The standard InChI is InChI=1S/C15H21N3O2/c1-12-7-9-18(10-8-12)14(19)11-16-15(20)17-13-5-3-2-4-6-13/h2-6,12H,7-11H2,1H3,(H2,16,17,20). The van der Waals surface area contributed by atoms with Crippen molar-refractivity contribution in [3.05, 3.63) is 30.3 Å². The zero-order valence-electron chi connectivity index (χ0n) is 11.8. The number of para-hydroxylation sites is 1. The fraction of sp³-hybridized carbons (Fsp3) is 0.467. The Hall–Kier alpha value is -2.04. The van der Waals surface area contributed by atoms with Gasteiger partial charge in [0, 0.05) is 18.8 Å². The lowest BCUT2D eigenvalue weighted by molar-refractivity contribution is -0.131. The summed E-state index contributed by atoms with van der Waals surface area (Å²) in [4.78, 5) is 25.4. The van der Waals surface area contributed by atoms with Crippen molar-refractivity contribution in [1.82, 2.24) is 10.2 Å². The molecule has 2 rings (SSSR count). The third-order valence-corrected chi connectivity index (χ3v) is 3.57. The molecule has 5 nitrogen and oxygen atoms in total. The minimum atomic E-state index is -0.352. The maximum atomic E-state index is 11.9. The second-order valence-corrected chi connectivity index (χ2v) is 5.24. The Morgan fingerprint density at radius 2 is 1.85 bits per heavy atom. The number of nitrogens with one attached hydrogen (secondary N) is 2. The number of likely N-dealkylation sites (tertiary alicyclic amines) is 1. The first-order chi connectivity index (χ1) is 9.65. The molecule has 20 heavy (non-hydrogen) atoms. The zero-order chi connectivity index (χ0) is 14.4. The minimum Gasteiger partial charge on any atom is -0.341 e. The highest BCUT2D eigenvalue weighted by molar-refractivity contribution is 5.92. The van der Waals surface area contributed by atoms with Crippen LogP contribution in [0.5, 0.6) is 0 Å². The summed E-state index contributed by atoms with van der Waals surface area (Å²) < 4.78 is 0. The van der Waals surface area contributed by atoms with Crippen molar-refractivity contribution >= 4 is 17.6 Å². The quantitative estimate of drug-likeness (QED) is 0.887. The van der Waals surface area contributed by atoms with E-state index < -0.39 is 0 Å². The lowest BCUT2D eigenvalue weighted by Gasteiger charge is -2.30. The van der Waals surface area contributed by atoms with E-state index in [2.05, 4.69) is 17.6 Å². The van der Waals surface area contributed by atoms with E-state index in [9.17, 15) is 9.59 Å². The third kappa shape index (κ3) is 4.26. The highest BCUT2D eigenvalue weighted by atomic mass is 16.2. The van der Waals surface area contributed by atoms with Crippen LogP contribution >= 0.6 is 0 Å². The lowest BCUT2D eigenvalue weighted by atomic mass is 9.99. The summed E-state index contributed by atoms with van der Waals surface area (Å²) in [6, 6.07) is 8.81. The van der Waals surface area contributed by atoms with E-state index in [1.54, 1.807) is 12.1 Å². The molecule has 1 heterocycles. The van der Waals surface area contributed by atoms with Gasteiger partial charge in [-0.25, -0.2) is 4.79 Å². The Kier molecular flexibility index (Phi) is 4.98. The van der Waals surface area contributed by atoms with Crippen molar-refractivity contribution in [2.24, 2.45) is 5.92 Å². The molecule has 1 aliphatic rings. The molecule has 0 radical (unpaired) electrons. The molecule has 1 fully saturated rings. The molecule has 1 saturated heterocycles. The summed E-state index contributed by atoms with van der Waals surface area (Å²) in [5, 5.41) is 5.28. The Morgan fingerprint density at radius 1 is 1.20 bits per heavy atom. The molecule has 1 aromatic rings. The molecular weight excluding hydrogens is 254 g/mol. The molecule has 0 spiro atoms. The molecule has 0 atom stereocenters. The van der Waals surface area contributed by atoms with Gasteiger partial charge in [0.1, 0.15) is 0 Å². The van der Waals surface area contributed by atoms with Crippen molar-refractivity contribution in [3.8, 4) is 0 Å². The van der Waals surface area contributed by atoms with Crippen molar-refractivity contribution < 1.29 is 9.59 Å². The maximum absolute atomic E-state index is 11.9. The summed E-state index contributed by atoms with van der Waals surface area (Å²) in [7, 11) is 0. The van der Waals surface area contributed by atoms with Crippen LogP contribution in [0.25, 0.3) is 0 Å². The van der Waals surface area contributed by atoms with Gasteiger partial charge in [0.2, 0.25) is 5.91 Å². The number of piperidine rings is 1. The fourth-order valence-corrected chi connectivity index (χ4v) is 2.22. The molecule has 1 aliphatic heterocycles. The third-order valence-electron chi connectivity index (χ3n) is 3.57. The molecule has 2 N–H and O–H groups in total. The number of hydrogen-bond donors (Lipinski definition) is 2. The topological polar surface area (TPSA) is 61.4 Å². The van der Waals surface area contributed by atoms with E-state index in [-0.39, 0.29) is 18.5 Å². The summed E-state index contributed by atoms with van der Waals surface area (Å²) in [6.07, 6.45) is 2.09.